The molecule has 1 aromatic carbocycles. The van der Waals surface area contributed by atoms with E-state index in [1.165, 1.54) is 36.9 Å². The van der Waals surface area contributed by atoms with E-state index in [-0.39, 0.29) is 22.4 Å². The fourth-order valence-electron chi connectivity index (χ4n) is 4.84. The maximum atomic E-state index is 12.8. The quantitative estimate of drug-likeness (QED) is 0.264. The molecule has 1 aromatic rings. The SMILES string of the molecule is CC(=O)N1C(C(=O)O)=C(SC2CNC(C(=O)Nc3cccc(C(=O)O)c3)C2)C(C)C1C(C(=O)O)C(C)O. The van der Waals surface area contributed by atoms with Crippen LogP contribution in [-0.2, 0) is 19.2 Å². The second-order valence-electron chi connectivity index (χ2n) is 9.10. The van der Waals surface area contributed by atoms with Gasteiger partial charge in [0.25, 0.3) is 0 Å². The number of benzene rings is 1. The minimum atomic E-state index is -1.41. The van der Waals surface area contributed by atoms with Crippen LogP contribution in [0.2, 0.25) is 0 Å². The van der Waals surface area contributed by atoms with E-state index in [0.29, 0.717) is 23.6 Å². The molecule has 2 amide bonds. The molecule has 0 bridgehead atoms. The fourth-order valence-corrected chi connectivity index (χ4v) is 6.32. The molecule has 2 aliphatic heterocycles. The lowest BCUT2D eigenvalue weighted by Crippen LogP contribution is -2.49. The Morgan fingerprint density at radius 1 is 1.14 bits per heavy atom. The number of aliphatic carboxylic acids is 2. The number of nitrogens with one attached hydrogen (secondary N) is 2. The highest BCUT2D eigenvalue weighted by atomic mass is 32.2. The summed E-state index contributed by atoms with van der Waals surface area (Å²) in [5.41, 5.74) is 0.0246. The number of amides is 2. The van der Waals surface area contributed by atoms with Crippen LogP contribution < -0.4 is 10.6 Å². The summed E-state index contributed by atoms with van der Waals surface area (Å²) in [5, 5.41) is 44.4. The maximum Gasteiger partial charge on any atom is 0.353 e. The van der Waals surface area contributed by atoms with E-state index < -0.39 is 53.8 Å². The molecule has 0 radical (unpaired) electrons. The summed E-state index contributed by atoms with van der Waals surface area (Å²) in [6.07, 6.45) is -1.03. The zero-order valence-electron chi connectivity index (χ0n) is 20.4. The average Bonchev–Trinajstić information content (AvgIpc) is 3.38. The molecule has 37 heavy (non-hydrogen) atoms. The Labute approximate surface area is 216 Å². The largest absolute Gasteiger partial charge is 0.481 e. The Bertz CT molecular complexity index is 1150. The van der Waals surface area contributed by atoms with Crippen LogP contribution >= 0.6 is 11.8 Å². The molecule has 2 aliphatic rings. The molecule has 0 aromatic heterocycles. The van der Waals surface area contributed by atoms with Crippen LogP contribution in [0, 0.1) is 11.8 Å². The van der Waals surface area contributed by atoms with Gasteiger partial charge in [-0.2, -0.15) is 0 Å². The Balaban J connectivity index is 1.79. The van der Waals surface area contributed by atoms with Gasteiger partial charge in [0.2, 0.25) is 11.8 Å². The smallest absolute Gasteiger partial charge is 0.353 e. The van der Waals surface area contributed by atoms with Crippen LogP contribution in [0.15, 0.2) is 34.9 Å². The second-order valence-corrected chi connectivity index (χ2v) is 10.4. The van der Waals surface area contributed by atoms with E-state index in [4.69, 9.17) is 5.11 Å². The van der Waals surface area contributed by atoms with E-state index in [2.05, 4.69) is 10.6 Å². The van der Waals surface area contributed by atoms with Crippen molar-refractivity contribution in [2.75, 3.05) is 11.9 Å². The molecule has 1 saturated heterocycles. The van der Waals surface area contributed by atoms with Gasteiger partial charge in [0, 0.05) is 35.2 Å². The number of carbonyl (C=O) groups is 5. The molecule has 6 N–H and O–H groups in total. The topological polar surface area (TPSA) is 194 Å². The third kappa shape index (κ3) is 5.95. The molecule has 12 nitrogen and oxygen atoms in total. The second kappa shape index (κ2) is 11.3. The predicted molar refractivity (Wildman–Crippen MR) is 133 cm³/mol. The molecule has 2 heterocycles. The molecular formula is C24H29N3O9S. The average molecular weight is 536 g/mol. The van der Waals surface area contributed by atoms with Gasteiger partial charge in [-0.3, -0.25) is 14.4 Å². The number of aliphatic hydroxyl groups is 1. The highest BCUT2D eigenvalue weighted by molar-refractivity contribution is 8.03. The number of nitrogens with zero attached hydrogens (tertiary/aromatic N) is 1. The van der Waals surface area contributed by atoms with Crippen LogP contribution in [0.25, 0.3) is 0 Å². The fraction of sp³-hybridized carbons (Fsp3) is 0.458. The number of aliphatic hydroxyl groups excluding tert-OH is 1. The first-order chi connectivity index (χ1) is 17.3. The summed E-state index contributed by atoms with van der Waals surface area (Å²) < 4.78 is 0. The van der Waals surface area contributed by atoms with Gasteiger partial charge in [0.1, 0.15) is 11.6 Å². The Morgan fingerprint density at radius 3 is 2.35 bits per heavy atom. The summed E-state index contributed by atoms with van der Waals surface area (Å²) in [7, 11) is 0. The van der Waals surface area contributed by atoms with Gasteiger partial charge in [-0.25, -0.2) is 9.59 Å². The number of aromatic carboxylic acids is 1. The van der Waals surface area contributed by atoms with Gasteiger partial charge in [-0.05, 0) is 31.5 Å². The lowest BCUT2D eigenvalue weighted by atomic mass is 9.86. The standard InChI is InChI=1S/C24H29N3O9S/c1-10-18(17(11(2)28)23(33)34)27(12(3)29)19(24(35)36)20(10)37-15-8-16(25-9-15)21(30)26-14-6-4-5-13(7-14)22(31)32/h4-7,10-11,15-18,25,28H,8-9H2,1-3H3,(H,26,30)(H,31,32)(H,33,34)(H,35,36). The summed E-state index contributed by atoms with van der Waals surface area (Å²) in [6, 6.07) is 4.07. The minimum absolute atomic E-state index is 0.0235. The van der Waals surface area contributed by atoms with Gasteiger partial charge in [0.05, 0.1) is 23.8 Å². The molecule has 0 aliphatic carbocycles. The number of hydrogen-bond donors (Lipinski definition) is 6. The van der Waals surface area contributed by atoms with E-state index in [1.54, 1.807) is 13.0 Å². The van der Waals surface area contributed by atoms with Crippen molar-refractivity contribution in [1.29, 1.82) is 0 Å². The van der Waals surface area contributed by atoms with Crippen molar-refractivity contribution >= 4 is 47.2 Å². The highest BCUT2D eigenvalue weighted by Crippen LogP contribution is 2.46. The Morgan fingerprint density at radius 2 is 1.81 bits per heavy atom. The van der Waals surface area contributed by atoms with Gasteiger partial charge < -0.3 is 36.0 Å². The predicted octanol–water partition coefficient (Wildman–Crippen LogP) is 1.03. The molecule has 3 rings (SSSR count). The monoisotopic (exact) mass is 535 g/mol. The highest BCUT2D eigenvalue weighted by Gasteiger charge is 2.51. The number of anilines is 1. The van der Waals surface area contributed by atoms with Crippen LogP contribution in [0.4, 0.5) is 5.69 Å². The number of hydrogen-bond acceptors (Lipinski definition) is 8. The van der Waals surface area contributed by atoms with Crippen molar-refractivity contribution in [3.05, 3.63) is 40.4 Å². The molecule has 6 unspecified atom stereocenters. The van der Waals surface area contributed by atoms with Crippen molar-refractivity contribution in [1.82, 2.24) is 10.2 Å². The number of rotatable bonds is 9. The Hall–Kier alpha value is -3.42. The number of carbonyl (C=O) groups excluding carboxylic acids is 2. The van der Waals surface area contributed by atoms with Gasteiger partial charge in [0.15, 0.2) is 0 Å². The van der Waals surface area contributed by atoms with Crippen LogP contribution in [0.5, 0.6) is 0 Å². The zero-order valence-corrected chi connectivity index (χ0v) is 21.2. The minimum Gasteiger partial charge on any atom is -0.481 e. The third-order valence-electron chi connectivity index (χ3n) is 6.49. The lowest BCUT2D eigenvalue weighted by Gasteiger charge is -2.33. The first-order valence-corrected chi connectivity index (χ1v) is 12.4. The van der Waals surface area contributed by atoms with E-state index in [0.717, 1.165) is 11.8 Å². The van der Waals surface area contributed by atoms with Gasteiger partial charge in [-0.15, -0.1) is 11.8 Å². The van der Waals surface area contributed by atoms with Crippen molar-refractivity contribution in [3.8, 4) is 0 Å². The summed E-state index contributed by atoms with van der Waals surface area (Å²) in [6.45, 7) is 4.39. The number of carboxylic acids is 3. The lowest BCUT2D eigenvalue weighted by molar-refractivity contribution is -0.152. The van der Waals surface area contributed by atoms with E-state index >= 15 is 0 Å². The molecule has 1 fully saturated rings. The van der Waals surface area contributed by atoms with Crippen molar-refractivity contribution < 1.29 is 44.4 Å². The zero-order chi connectivity index (χ0) is 27.6. The Kier molecular flexibility index (Phi) is 8.61. The number of carboxylic acid groups (broad SMARTS) is 3. The van der Waals surface area contributed by atoms with Crippen molar-refractivity contribution in [3.63, 3.8) is 0 Å². The van der Waals surface area contributed by atoms with E-state index in [9.17, 15) is 39.3 Å². The van der Waals surface area contributed by atoms with Crippen LogP contribution in [0.1, 0.15) is 37.6 Å². The van der Waals surface area contributed by atoms with Crippen LogP contribution in [0.3, 0.4) is 0 Å². The molecule has 13 heteroatoms. The van der Waals surface area contributed by atoms with Crippen molar-refractivity contribution in [2.45, 2.75) is 50.6 Å². The molecule has 200 valence electrons. The summed E-state index contributed by atoms with van der Waals surface area (Å²) in [4.78, 5) is 61.8. The molecular weight excluding hydrogens is 506 g/mol. The van der Waals surface area contributed by atoms with Gasteiger partial charge >= 0.3 is 17.9 Å². The normalized spacial score (nSPS) is 25.0. The van der Waals surface area contributed by atoms with Crippen LogP contribution in [-0.4, -0.2) is 85.0 Å². The van der Waals surface area contributed by atoms with E-state index in [1.807, 2.05) is 0 Å². The van der Waals surface area contributed by atoms with Gasteiger partial charge in [-0.1, -0.05) is 13.0 Å². The molecule has 0 saturated carbocycles. The number of thioether (sulfide) groups is 1. The molecule has 0 spiro atoms. The summed E-state index contributed by atoms with van der Waals surface area (Å²) >= 11 is 1.17. The first-order valence-electron chi connectivity index (χ1n) is 11.6. The molecule has 6 atom stereocenters. The summed E-state index contributed by atoms with van der Waals surface area (Å²) in [5.74, 6) is -7.00. The van der Waals surface area contributed by atoms with Crippen molar-refractivity contribution in [2.24, 2.45) is 11.8 Å². The maximum absolute atomic E-state index is 12.8. The first kappa shape index (κ1) is 28.2. The third-order valence-corrected chi connectivity index (χ3v) is 8.00.